The van der Waals surface area contributed by atoms with E-state index < -0.39 is 0 Å². The van der Waals surface area contributed by atoms with Crippen LogP contribution < -0.4 is 15.5 Å². The zero-order valence-corrected chi connectivity index (χ0v) is 13.7. The van der Waals surface area contributed by atoms with Crippen LogP contribution in [0.3, 0.4) is 0 Å². The van der Waals surface area contributed by atoms with Crippen molar-refractivity contribution in [2.45, 2.75) is 24.8 Å². The lowest BCUT2D eigenvalue weighted by molar-refractivity contribution is 0.185. The van der Waals surface area contributed by atoms with Gasteiger partial charge in [0.05, 0.1) is 5.54 Å². The molecule has 4 nitrogen and oxygen atoms in total. The second-order valence-electron chi connectivity index (χ2n) is 6.32. The predicted molar refractivity (Wildman–Crippen MR) is 94.9 cm³/mol. The Balaban J connectivity index is 1.67. The Morgan fingerprint density at radius 3 is 2.17 bits per heavy atom. The molecule has 2 aromatic carbocycles. The number of nitrogens with one attached hydrogen (secondary N) is 2. The van der Waals surface area contributed by atoms with Crippen LogP contribution >= 0.6 is 0 Å². The van der Waals surface area contributed by atoms with Gasteiger partial charge in [-0.2, -0.15) is 0 Å². The van der Waals surface area contributed by atoms with Crippen LogP contribution in [0.4, 0.5) is 16.2 Å². The molecule has 0 bridgehead atoms. The lowest BCUT2D eigenvalue weighted by Gasteiger charge is -2.43. The zero-order valence-electron chi connectivity index (χ0n) is 13.7. The summed E-state index contributed by atoms with van der Waals surface area (Å²) in [4.78, 5) is 14.4. The summed E-state index contributed by atoms with van der Waals surface area (Å²) in [5.41, 5.74) is 2.88. The quantitative estimate of drug-likeness (QED) is 0.898. The Labute approximate surface area is 137 Å². The Morgan fingerprint density at radius 2 is 1.65 bits per heavy atom. The van der Waals surface area contributed by atoms with E-state index in [-0.39, 0.29) is 11.6 Å². The molecule has 0 heterocycles. The molecule has 2 aromatic rings. The van der Waals surface area contributed by atoms with Crippen molar-refractivity contribution in [2.75, 3.05) is 24.3 Å². The molecule has 2 amide bonds. The van der Waals surface area contributed by atoms with E-state index >= 15 is 0 Å². The standard InChI is InChI=1S/C19H23N3O/c1-22(2)17-11-9-16(10-12-17)20-18(23)21-19(13-6-14-19)15-7-4-3-5-8-15/h3-5,7-12H,6,13-14H2,1-2H3,(H2,20,21,23). The minimum Gasteiger partial charge on any atom is -0.378 e. The number of carbonyl (C=O) groups excluding carboxylic acids is 1. The number of amides is 2. The van der Waals surface area contributed by atoms with E-state index in [0.29, 0.717) is 0 Å². The van der Waals surface area contributed by atoms with Crippen molar-refractivity contribution in [3.8, 4) is 0 Å². The van der Waals surface area contributed by atoms with Crippen LogP contribution in [0.25, 0.3) is 0 Å². The molecule has 1 saturated carbocycles. The van der Waals surface area contributed by atoms with Crippen LogP contribution in [-0.4, -0.2) is 20.1 Å². The Kier molecular flexibility index (Phi) is 4.24. The van der Waals surface area contributed by atoms with Crippen LogP contribution in [0, 0.1) is 0 Å². The molecule has 0 unspecified atom stereocenters. The normalized spacial score (nSPS) is 15.4. The third-order valence-corrected chi connectivity index (χ3v) is 4.53. The van der Waals surface area contributed by atoms with E-state index in [4.69, 9.17) is 0 Å². The van der Waals surface area contributed by atoms with Gasteiger partial charge in [0, 0.05) is 25.5 Å². The lowest BCUT2D eigenvalue weighted by atomic mass is 9.72. The molecule has 0 radical (unpaired) electrons. The number of carbonyl (C=O) groups is 1. The summed E-state index contributed by atoms with van der Waals surface area (Å²) in [7, 11) is 3.99. The second-order valence-corrected chi connectivity index (χ2v) is 6.32. The monoisotopic (exact) mass is 309 g/mol. The summed E-state index contributed by atoms with van der Waals surface area (Å²) in [6.07, 6.45) is 3.13. The average Bonchev–Trinajstić information content (AvgIpc) is 2.52. The first-order chi connectivity index (χ1) is 11.1. The smallest absolute Gasteiger partial charge is 0.319 e. The van der Waals surface area contributed by atoms with Crippen LogP contribution in [0.5, 0.6) is 0 Å². The van der Waals surface area contributed by atoms with Gasteiger partial charge in [0.15, 0.2) is 0 Å². The molecule has 0 aromatic heterocycles. The number of anilines is 2. The Hall–Kier alpha value is -2.49. The topological polar surface area (TPSA) is 44.4 Å². The highest BCUT2D eigenvalue weighted by molar-refractivity contribution is 5.90. The molecule has 23 heavy (non-hydrogen) atoms. The maximum absolute atomic E-state index is 12.4. The fraction of sp³-hybridized carbons (Fsp3) is 0.316. The van der Waals surface area contributed by atoms with Crippen molar-refractivity contribution in [3.63, 3.8) is 0 Å². The van der Waals surface area contributed by atoms with E-state index in [1.54, 1.807) is 0 Å². The summed E-state index contributed by atoms with van der Waals surface area (Å²) in [6, 6.07) is 17.9. The molecule has 4 heteroatoms. The third-order valence-electron chi connectivity index (χ3n) is 4.53. The van der Waals surface area contributed by atoms with Crippen molar-refractivity contribution in [1.82, 2.24) is 5.32 Å². The van der Waals surface area contributed by atoms with Gasteiger partial charge in [-0.25, -0.2) is 4.79 Å². The van der Waals surface area contributed by atoms with Gasteiger partial charge >= 0.3 is 6.03 Å². The first-order valence-corrected chi connectivity index (χ1v) is 8.01. The first kappa shape index (κ1) is 15.4. The molecular weight excluding hydrogens is 286 g/mol. The molecule has 0 atom stereocenters. The van der Waals surface area contributed by atoms with Gasteiger partial charge in [-0.3, -0.25) is 0 Å². The van der Waals surface area contributed by atoms with Crippen molar-refractivity contribution in [3.05, 3.63) is 60.2 Å². The molecule has 0 spiro atoms. The molecule has 1 aliphatic rings. The third kappa shape index (κ3) is 3.31. The van der Waals surface area contributed by atoms with Gasteiger partial charge in [0.25, 0.3) is 0 Å². The van der Waals surface area contributed by atoms with Crippen molar-refractivity contribution < 1.29 is 4.79 Å². The number of hydrogen-bond donors (Lipinski definition) is 2. The van der Waals surface area contributed by atoms with E-state index in [0.717, 1.165) is 30.6 Å². The summed E-state index contributed by atoms with van der Waals surface area (Å²) >= 11 is 0. The summed E-state index contributed by atoms with van der Waals surface area (Å²) in [6.45, 7) is 0. The fourth-order valence-corrected chi connectivity index (χ4v) is 3.00. The van der Waals surface area contributed by atoms with E-state index in [9.17, 15) is 4.79 Å². The van der Waals surface area contributed by atoms with Crippen molar-refractivity contribution in [2.24, 2.45) is 0 Å². The fourth-order valence-electron chi connectivity index (χ4n) is 3.00. The van der Waals surface area contributed by atoms with Gasteiger partial charge in [-0.1, -0.05) is 30.3 Å². The van der Waals surface area contributed by atoms with Gasteiger partial charge in [0.2, 0.25) is 0 Å². The number of rotatable bonds is 4. The highest BCUT2D eigenvalue weighted by Gasteiger charge is 2.39. The summed E-state index contributed by atoms with van der Waals surface area (Å²) in [5, 5.41) is 6.10. The molecule has 120 valence electrons. The molecule has 2 N–H and O–H groups in total. The van der Waals surface area contributed by atoms with Crippen molar-refractivity contribution in [1.29, 1.82) is 0 Å². The highest BCUT2D eigenvalue weighted by Crippen LogP contribution is 2.41. The van der Waals surface area contributed by atoms with E-state index in [2.05, 4.69) is 22.8 Å². The van der Waals surface area contributed by atoms with Crippen molar-refractivity contribution >= 4 is 17.4 Å². The van der Waals surface area contributed by atoms with Gasteiger partial charge in [-0.15, -0.1) is 0 Å². The van der Waals surface area contributed by atoms with Gasteiger partial charge in [-0.05, 0) is 49.1 Å². The highest BCUT2D eigenvalue weighted by atomic mass is 16.2. The van der Waals surface area contributed by atoms with Crippen LogP contribution in [0.2, 0.25) is 0 Å². The van der Waals surface area contributed by atoms with Crippen LogP contribution in [0.1, 0.15) is 24.8 Å². The van der Waals surface area contributed by atoms with E-state index in [1.165, 1.54) is 5.56 Å². The average molecular weight is 309 g/mol. The number of nitrogens with zero attached hydrogens (tertiary/aromatic N) is 1. The summed E-state index contributed by atoms with van der Waals surface area (Å²) < 4.78 is 0. The number of urea groups is 1. The molecule has 0 saturated heterocycles. The zero-order chi connectivity index (χ0) is 16.3. The molecule has 0 aliphatic heterocycles. The minimum absolute atomic E-state index is 0.147. The largest absolute Gasteiger partial charge is 0.378 e. The van der Waals surface area contributed by atoms with Crippen LogP contribution in [-0.2, 0) is 5.54 Å². The second kappa shape index (κ2) is 6.32. The number of hydrogen-bond acceptors (Lipinski definition) is 2. The lowest BCUT2D eigenvalue weighted by Crippen LogP contribution is -2.52. The summed E-state index contributed by atoms with van der Waals surface area (Å²) in [5.74, 6) is 0. The maximum Gasteiger partial charge on any atom is 0.319 e. The molecule has 1 fully saturated rings. The maximum atomic E-state index is 12.4. The van der Waals surface area contributed by atoms with Gasteiger partial charge < -0.3 is 15.5 Å². The number of benzene rings is 2. The minimum atomic E-state index is -0.213. The SMILES string of the molecule is CN(C)c1ccc(NC(=O)NC2(c3ccccc3)CCC2)cc1. The van der Waals surface area contributed by atoms with Crippen LogP contribution in [0.15, 0.2) is 54.6 Å². The predicted octanol–water partition coefficient (Wildman–Crippen LogP) is 3.95. The molecule has 3 rings (SSSR count). The molecular formula is C19H23N3O. The molecule has 1 aliphatic carbocycles. The first-order valence-electron chi connectivity index (χ1n) is 8.01. The van der Waals surface area contributed by atoms with E-state index in [1.807, 2.05) is 61.5 Å². The Morgan fingerprint density at radius 1 is 1.00 bits per heavy atom. The van der Waals surface area contributed by atoms with Gasteiger partial charge in [0.1, 0.15) is 0 Å². The Bertz CT molecular complexity index is 661.